The third-order valence-corrected chi connectivity index (χ3v) is 2.09. The van der Waals surface area contributed by atoms with Crippen molar-refractivity contribution >= 4 is 11.9 Å². The first-order valence-electron chi connectivity index (χ1n) is 4.81. The molecule has 0 aromatic heterocycles. The highest BCUT2D eigenvalue weighted by atomic mass is 19.1. The Hall–Kier alpha value is -1.91. The molecule has 16 heavy (non-hydrogen) atoms. The van der Waals surface area contributed by atoms with Gasteiger partial charge in [0.05, 0.1) is 0 Å². The zero-order valence-electron chi connectivity index (χ0n) is 8.81. The molecule has 0 radical (unpaired) electrons. The second kappa shape index (κ2) is 5.25. The van der Waals surface area contributed by atoms with Crippen LogP contribution in [0.5, 0.6) is 0 Å². The second-order valence-electron chi connectivity index (χ2n) is 3.22. The number of hydrogen-bond donors (Lipinski definition) is 1. The molecule has 0 fully saturated rings. The molecule has 1 rings (SSSR count). The fourth-order valence-electron chi connectivity index (χ4n) is 1.27. The van der Waals surface area contributed by atoms with Gasteiger partial charge in [0.15, 0.2) is 0 Å². The quantitative estimate of drug-likeness (QED) is 0.842. The van der Waals surface area contributed by atoms with Crippen molar-refractivity contribution in [1.29, 1.82) is 0 Å². The van der Waals surface area contributed by atoms with Crippen LogP contribution in [0, 0.1) is 5.82 Å². The molecule has 1 N–H and O–H groups in total. The highest BCUT2D eigenvalue weighted by Gasteiger charge is 2.16. The number of aliphatic carboxylic acids is 1. The smallest absolute Gasteiger partial charge is 0.323 e. The summed E-state index contributed by atoms with van der Waals surface area (Å²) in [6, 6.07) is 5.01. The van der Waals surface area contributed by atoms with E-state index in [1.54, 1.807) is 6.92 Å². The number of carboxylic acids is 1. The molecular formula is C11H12FNO3. The summed E-state index contributed by atoms with van der Waals surface area (Å²) in [5.74, 6) is -1.92. The van der Waals surface area contributed by atoms with Gasteiger partial charge in [-0.25, -0.2) is 4.39 Å². The SMILES string of the molecule is CCN(CC(=O)O)C(=O)c1ccc(F)cc1. The lowest BCUT2D eigenvalue weighted by molar-refractivity contribution is -0.137. The Kier molecular flexibility index (Phi) is 3.99. The summed E-state index contributed by atoms with van der Waals surface area (Å²) in [6.45, 7) is 1.62. The number of carbonyl (C=O) groups is 2. The minimum atomic E-state index is -1.07. The molecule has 5 heteroatoms. The zero-order valence-corrected chi connectivity index (χ0v) is 8.81. The molecule has 0 aliphatic rings. The van der Waals surface area contributed by atoms with E-state index in [-0.39, 0.29) is 12.1 Å². The van der Waals surface area contributed by atoms with Crippen molar-refractivity contribution < 1.29 is 19.1 Å². The van der Waals surface area contributed by atoms with Crippen LogP contribution >= 0.6 is 0 Å². The lowest BCUT2D eigenvalue weighted by atomic mass is 10.2. The standard InChI is InChI=1S/C11H12FNO3/c1-2-13(7-10(14)15)11(16)8-3-5-9(12)6-4-8/h3-6H,2,7H2,1H3,(H,14,15). The third kappa shape index (κ3) is 3.05. The molecule has 0 bridgehead atoms. The molecule has 4 nitrogen and oxygen atoms in total. The first-order chi connectivity index (χ1) is 7.54. The number of benzene rings is 1. The van der Waals surface area contributed by atoms with Crippen LogP contribution in [0.25, 0.3) is 0 Å². The average molecular weight is 225 g/mol. The second-order valence-corrected chi connectivity index (χ2v) is 3.22. The molecule has 0 saturated carbocycles. The number of hydrogen-bond acceptors (Lipinski definition) is 2. The minimum absolute atomic E-state index is 0.282. The average Bonchev–Trinajstić information content (AvgIpc) is 2.25. The summed E-state index contributed by atoms with van der Waals surface area (Å²) >= 11 is 0. The van der Waals surface area contributed by atoms with E-state index in [2.05, 4.69) is 0 Å². The van der Waals surface area contributed by atoms with Gasteiger partial charge in [0.2, 0.25) is 0 Å². The maximum absolute atomic E-state index is 12.6. The summed E-state index contributed by atoms with van der Waals surface area (Å²) in [5.41, 5.74) is 0.282. The van der Waals surface area contributed by atoms with E-state index in [1.807, 2.05) is 0 Å². The molecular weight excluding hydrogens is 213 g/mol. The van der Waals surface area contributed by atoms with Crippen molar-refractivity contribution in [3.8, 4) is 0 Å². The molecule has 0 saturated heterocycles. The van der Waals surface area contributed by atoms with Crippen LogP contribution in [0.15, 0.2) is 24.3 Å². The number of carbonyl (C=O) groups excluding carboxylic acids is 1. The predicted octanol–water partition coefficient (Wildman–Crippen LogP) is 1.37. The van der Waals surface area contributed by atoms with Gasteiger partial charge in [-0.1, -0.05) is 0 Å². The highest BCUT2D eigenvalue weighted by molar-refractivity contribution is 5.95. The van der Waals surface area contributed by atoms with Crippen molar-refractivity contribution in [3.05, 3.63) is 35.6 Å². The maximum Gasteiger partial charge on any atom is 0.323 e. The Labute approximate surface area is 92.3 Å². The maximum atomic E-state index is 12.6. The van der Waals surface area contributed by atoms with Gasteiger partial charge in [0.25, 0.3) is 5.91 Å². The fourth-order valence-corrected chi connectivity index (χ4v) is 1.27. The summed E-state index contributed by atoms with van der Waals surface area (Å²) in [5, 5.41) is 8.60. The predicted molar refractivity (Wildman–Crippen MR) is 55.6 cm³/mol. The highest BCUT2D eigenvalue weighted by Crippen LogP contribution is 2.06. The van der Waals surface area contributed by atoms with Crippen molar-refractivity contribution in [3.63, 3.8) is 0 Å². The lowest BCUT2D eigenvalue weighted by Gasteiger charge is -2.18. The van der Waals surface area contributed by atoms with Gasteiger partial charge in [0, 0.05) is 12.1 Å². The van der Waals surface area contributed by atoms with Gasteiger partial charge in [-0.2, -0.15) is 0 Å². The topological polar surface area (TPSA) is 57.6 Å². The summed E-state index contributed by atoms with van der Waals surface area (Å²) in [6.07, 6.45) is 0. The van der Waals surface area contributed by atoms with E-state index < -0.39 is 17.7 Å². The molecule has 86 valence electrons. The molecule has 0 spiro atoms. The molecule has 0 aliphatic carbocycles. The van der Waals surface area contributed by atoms with E-state index in [0.29, 0.717) is 6.54 Å². The molecule has 0 atom stereocenters. The van der Waals surface area contributed by atoms with Crippen LogP contribution in [-0.2, 0) is 4.79 Å². The summed E-state index contributed by atoms with van der Waals surface area (Å²) in [7, 11) is 0. The Morgan fingerprint density at radius 3 is 2.31 bits per heavy atom. The van der Waals surface area contributed by atoms with Crippen LogP contribution in [0.2, 0.25) is 0 Å². The molecule has 0 unspecified atom stereocenters. The first kappa shape index (κ1) is 12.2. The summed E-state index contributed by atoms with van der Waals surface area (Å²) in [4.78, 5) is 23.4. The van der Waals surface area contributed by atoms with Crippen molar-refractivity contribution in [1.82, 2.24) is 4.90 Å². The van der Waals surface area contributed by atoms with Gasteiger partial charge in [0.1, 0.15) is 12.4 Å². The van der Waals surface area contributed by atoms with Crippen LogP contribution in [0.3, 0.4) is 0 Å². The summed E-state index contributed by atoms with van der Waals surface area (Å²) < 4.78 is 12.6. The van der Waals surface area contributed by atoms with E-state index in [4.69, 9.17) is 5.11 Å². The lowest BCUT2D eigenvalue weighted by Crippen LogP contribution is -2.35. The fraction of sp³-hybridized carbons (Fsp3) is 0.273. The number of halogens is 1. The van der Waals surface area contributed by atoms with Gasteiger partial charge >= 0.3 is 5.97 Å². The van der Waals surface area contributed by atoms with E-state index in [9.17, 15) is 14.0 Å². The molecule has 0 heterocycles. The van der Waals surface area contributed by atoms with E-state index >= 15 is 0 Å². The number of carboxylic acid groups (broad SMARTS) is 1. The van der Waals surface area contributed by atoms with Crippen LogP contribution < -0.4 is 0 Å². The Morgan fingerprint density at radius 2 is 1.88 bits per heavy atom. The third-order valence-electron chi connectivity index (χ3n) is 2.09. The minimum Gasteiger partial charge on any atom is -0.480 e. The molecule has 0 aliphatic heterocycles. The Morgan fingerprint density at radius 1 is 1.31 bits per heavy atom. The number of rotatable bonds is 4. The number of likely N-dealkylation sites (N-methyl/N-ethyl adjacent to an activating group) is 1. The van der Waals surface area contributed by atoms with Crippen LogP contribution in [-0.4, -0.2) is 35.0 Å². The molecule has 1 aromatic rings. The first-order valence-corrected chi connectivity index (χ1v) is 4.81. The largest absolute Gasteiger partial charge is 0.480 e. The van der Waals surface area contributed by atoms with Gasteiger partial charge < -0.3 is 10.0 Å². The van der Waals surface area contributed by atoms with Gasteiger partial charge in [-0.15, -0.1) is 0 Å². The van der Waals surface area contributed by atoms with Gasteiger partial charge in [-0.3, -0.25) is 9.59 Å². The van der Waals surface area contributed by atoms with Gasteiger partial charge in [-0.05, 0) is 31.2 Å². The van der Waals surface area contributed by atoms with Crippen LogP contribution in [0.1, 0.15) is 17.3 Å². The number of nitrogens with zero attached hydrogens (tertiary/aromatic N) is 1. The van der Waals surface area contributed by atoms with Crippen molar-refractivity contribution in [2.24, 2.45) is 0 Å². The van der Waals surface area contributed by atoms with Crippen molar-refractivity contribution in [2.45, 2.75) is 6.92 Å². The molecule has 1 amide bonds. The van der Waals surface area contributed by atoms with E-state index in [0.717, 1.165) is 0 Å². The Bertz CT molecular complexity index is 389. The molecule has 1 aromatic carbocycles. The Balaban J connectivity index is 2.82. The zero-order chi connectivity index (χ0) is 12.1. The normalized spacial score (nSPS) is 9.88. The van der Waals surface area contributed by atoms with Crippen molar-refractivity contribution in [2.75, 3.05) is 13.1 Å². The number of amides is 1. The van der Waals surface area contributed by atoms with Crippen LogP contribution in [0.4, 0.5) is 4.39 Å². The monoisotopic (exact) mass is 225 g/mol. The van der Waals surface area contributed by atoms with E-state index in [1.165, 1.54) is 29.2 Å².